The molecule has 1 aromatic rings. The maximum absolute atomic E-state index is 13.6. The average Bonchev–Trinajstić information content (AvgIpc) is 2.33. The van der Waals surface area contributed by atoms with Crippen molar-refractivity contribution in [3.63, 3.8) is 0 Å². The fraction of sp³-hybridized carbons (Fsp3) is 0.600. The largest absolute Gasteiger partial charge is 0.491 e. The number of ether oxygens (including phenoxy) is 2. The van der Waals surface area contributed by atoms with E-state index in [4.69, 9.17) is 15.2 Å². The van der Waals surface area contributed by atoms with Crippen LogP contribution >= 0.6 is 0 Å². The van der Waals surface area contributed by atoms with Crippen LogP contribution in [-0.2, 0) is 0 Å². The average molecular weight is 267 g/mol. The summed E-state index contributed by atoms with van der Waals surface area (Å²) in [7, 11) is 0. The second kappa shape index (κ2) is 6.64. The highest BCUT2D eigenvalue weighted by Gasteiger charge is 2.17. The van der Waals surface area contributed by atoms with E-state index in [-0.39, 0.29) is 5.75 Å². The van der Waals surface area contributed by atoms with E-state index in [1.165, 1.54) is 25.3 Å². The molecule has 1 fully saturated rings. The number of hydrogen-bond acceptors (Lipinski definition) is 3. The van der Waals surface area contributed by atoms with Gasteiger partial charge in [-0.05, 0) is 18.8 Å². The summed E-state index contributed by atoms with van der Waals surface area (Å²) in [6, 6.07) is 2.82. The Hall–Kier alpha value is -1.45. The molecule has 0 aromatic heterocycles. The molecule has 0 saturated heterocycles. The highest BCUT2D eigenvalue weighted by Crippen LogP contribution is 2.32. The highest BCUT2D eigenvalue weighted by molar-refractivity contribution is 5.56. The van der Waals surface area contributed by atoms with Crippen LogP contribution in [0.4, 0.5) is 10.1 Å². The van der Waals surface area contributed by atoms with Crippen molar-refractivity contribution in [3.05, 3.63) is 17.9 Å². The van der Waals surface area contributed by atoms with E-state index < -0.39 is 5.82 Å². The highest BCUT2D eigenvalue weighted by atomic mass is 19.1. The van der Waals surface area contributed by atoms with Crippen molar-refractivity contribution in [2.75, 3.05) is 18.9 Å². The lowest BCUT2D eigenvalue weighted by Gasteiger charge is -2.25. The Kier molecular flexibility index (Phi) is 4.88. The summed E-state index contributed by atoms with van der Waals surface area (Å²) in [5, 5.41) is 0. The first-order chi connectivity index (χ1) is 9.20. The molecule has 1 aliphatic carbocycles. The molecular formula is C15H22FNO2. The minimum Gasteiger partial charge on any atom is -0.491 e. The molecule has 1 aromatic carbocycles. The number of rotatable bonds is 7. The lowest BCUT2D eigenvalue weighted by Crippen LogP contribution is -2.14. The van der Waals surface area contributed by atoms with Crippen molar-refractivity contribution in [2.24, 2.45) is 5.92 Å². The first-order valence-electron chi connectivity index (χ1n) is 7.05. The first kappa shape index (κ1) is 14.0. The minimum atomic E-state index is -0.433. The van der Waals surface area contributed by atoms with E-state index in [0.717, 1.165) is 18.8 Å². The molecule has 0 radical (unpaired) electrons. The lowest BCUT2D eigenvalue weighted by molar-refractivity contribution is 0.221. The molecule has 3 nitrogen and oxygen atoms in total. The van der Waals surface area contributed by atoms with E-state index in [1.54, 1.807) is 6.07 Å². The standard InChI is InChI=1S/C15H22FNO2/c1-2-7-18-14-10-15(13(17)9-12(14)16)19-8-6-11-4-3-5-11/h9-11H,2-8,17H2,1H3. The van der Waals surface area contributed by atoms with Crippen LogP contribution in [-0.4, -0.2) is 13.2 Å². The van der Waals surface area contributed by atoms with Crippen LogP contribution < -0.4 is 15.2 Å². The van der Waals surface area contributed by atoms with Crippen molar-refractivity contribution in [3.8, 4) is 11.5 Å². The summed E-state index contributed by atoms with van der Waals surface area (Å²) in [4.78, 5) is 0. The van der Waals surface area contributed by atoms with Crippen molar-refractivity contribution < 1.29 is 13.9 Å². The van der Waals surface area contributed by atoms with E-state index in [2.05, 4.69) is 0 Å². The fourth-order valence-corrected chi connectivity index (χ4v) is 2.11. The monoisotopic (exact) mass is 267 g/mol. The van der Waals surface area contributed by atoms with Gasteiger partial charge in [0.1, 0.15) is 5.75 Å². The summed E-state index contributed by atoms with van der Waals surface area (Å²) < 4.78 is 24.6. The molecule has 0 aliphatic heterocycles. The maximum Gasteiger partial charge on any atom is 0.167 e. The molecule has 0 spiro atoms. The molecule has 0 bridgehead atoms. The van der Waals surface area contributed by atoms with Crippen LogP contribution in [0.25, 0.3) is 0 Å². The van der Waals surface area contributed by atoms with Gasteiger partial charge in [0.2, 0.25) is 0 Å². The van der Waals surface area contributed by atoms with E-state index >= 15 is 0 Å². The summed E-state index contributed by atoms with van der Waals surface area (Å²) in [6.07, 6.45) is 5.81. The van der Waals surface area contributed by atoms with Crippen LogP contribution in [0.2, 0.25) is 0 Å². The number of anilines is 1. The Labute approximate surface area is 113 Å². The summed E-state index contributed by atoms with van der Waals surface area (Å²) in [5.41, 5.74) is 6.09. The third-order valence-corrected chi connectivity index (χ3v) is 3.53. The predicted octanol–water partition coefficient (Wildman–Crippen LogP) is 3.77. The van der Waals surface area contributed by atoms with E-state index in [9.17, 15) is 4.39 Å². The zero-order chi connectivity index (χ0) is 13.7. The van der Waals surface area contributed by atoms with Gasteiger partial charge in [0.15, 0.2) is 11.6 Å². The Morgan fingerprint density at radius 3 is 2.58 bits per heavy atom. The summed E-state index contributed by atoms with van der Waals surface area (Å²) in [5.74, 6) is 1.09. The van der Waals surface area contributed by atoms with Gasteiger partial charge in [0.05, 0.1) is 18.9 Å². The number of benzene rings is 1. The number of hydrogen-bond donors (Lipinski definition) is 1. The van der Waals surface area contributed by atoms with Gasteiger partial charge in [-0.25, -0.2) is 4.39 Å². The van der Waals surface area contributed by atoms with Crippen molar-refractivity contribution in [1.82, 2.24) is 0 Å². The molecule has 0 amide bonds. The van der Waals surface area contributed by atoms with Gasteiger partial charge in [-0.2, -0.15) is 0 Å². The van der Waals surface area contributed by atoms with Gasteiger partial charge >= 0.3 is 0 Å². The molecule has 0 atom stereocenters. The molecule has 1 aliphatic rings. The van der Waals surface area contributed by atoms with Gasteiger partial charge in [0, 0.05) is 12.1 Å². The summed E-state index contributed by atoms with van der Waals surface area (Å²) in [6.45, 7) is 3.10. The Bertz CT molecular complexity index is 419. The van der Waals surface area contributed by atoms with E-state index in [0.29, 0.717) is 24.7 Å². The molecule has 0 heterocycles. The molecular weight excluding hydrogens is 245 g/mol. The molecule has 2 rings (SSSR count). The second-order valence-corrected chi connectivity index (χ2v) is 5.10. The molecule has 2 N–H and O–H groups in total. The van der Waals surface area contributed by atoms with Gasteiger partial charge < -0.3 is 15.2 Å². The molecule has 106 valence electrons. The Balaban J connectivity index is 1.93. The van der Waals surface area contributed by atoms with Crippen molar-refractivity contribution in [2.45, 2.75) is 39.0 Å². The van der Waals surface area contributed by atoms with Gasteiger partial charge in [-0.3, -0.25) is 0 Å². The lowest BCUT2D eigenvalue weighted by atomic mass is 9.83. The smallest absolute Gasteiger partial charge is 0.167 e. The summed E-state index contributed by atoms with van der Waals surface area (Å²) >= 11 is 0. The molecule has 19 heavy (non-hydrogen) atoms. The van der Waals surface area contributed by atoms with Crippen LogP contribution in [0.5, 0.6) is 11.5 Å². The number of nitrogens with two attached hydrogens (primary N) is 1. The van der Waals surface area contributed by atoms with Crippen LogP contribution in [0.1, 0.15) is 39.0 Å². The second-order valence-electron chi connectivity index (χ2n) is 5.10. The SMILES string of the molecule is CCCOc1cc(OCCC2CCC2)c(N)cc1F. The van der Waals surface area contributed by atoms with Crippen LogP contribution in [0.15, 0.2) is 12.1 Å². The van der Waals surface area contributed by atoms with Crippen molar-refractivity contribution in [1.29, 1.82) is 0 Å². The quantitative estimate of drug-likeness (QED) is 0.765. The predicted molar refractivity (Wildman–Crippen MR) is 74.1 cm³/mol. The minimum absolute atomic E-state index is 0.217. The first-order valence-corrected chi connectivity index (χ1v) is 7.05. The van der Waals surface area contributed by atoms with Gasteiger partial charge in [-0.1, -0.05) is 26.2 Å². The zero-order valence-electron chi connectivity index (χ0n) is 11.5. The Morgan fingerprint density at radius 2 is 1.95 bits per heavy atom. The number of halogens is 1. The molecule has 1 saturated carbocycles. The number of nitrogen functional groups attached to an aromatic ring is 1. The third-order valence-electron chi connectivity index (χ3n) is 3.53. The van der Waals surface area contributed by atoms with Crippen LogP contribution in [0, 0.1) is 11.7 Å². The molecule has 0 unspecified atom stereocenters. The van der Waals surface area contributed by atoms with Gasteiger partial charge in [-0.15, -0.1) is 0 Å². The maximum atomic E-state index is 13.6. The van der Waals surface area contributed by atoms with Gasteiger partial charge in [0.25, 0.3) is 0 Å². The van der Waals surface area contributed by atoms with Crippen LogP contribution in [0.3, 0.4) is 0 Å². The Morgan fingerprint density at radius 1 is 1.21 bits per heavy atom. The molecule has 4 heteroatoms. The zero-order valence-corrected chi connectivity index (χ0v) is 11.5. The normalized spacial score (nSPS) is 15.1. The fourth-order valence-electron chi connectivity index (χ4n) is 2.11. The third kappa shape index (κ3) is 3.75. The van der Waals surface area contributed by atoms with E-state index in [1.807, 2.05) is 6.92 Å². The topological polar surface area (TPSA) is 44.5 Å². The van der Waals surface area contributed by atoms with Crippen molar-refractivity contribution >= 4 is 5.69 Å².